The van der Waals surface area contributed by atoms with E-state index >= 15 is 0 Å². The fourth-order valence-corrected chi connectivity index (χ4v) is 4.96. The Labute approximate surface area is 183 Å². The lowest BCUT2D eigenvalue weighted by Gasteiger charge is -2.31. The van der Waals surface area contributed by atoms with Gasteiger partial charge >= 0.3 is 0 Å². The van der Waals surface area contributed by atoms with Gasteiger partial charge in [-0.1, -0.05) is 56.5 Å². The van der Waals surface area contributed by atoms with Gasteiger partial charge in [-0.15, -0.1) is 0 Å². The third-order valence-corrected chi connectivity index (χ3v) is 6.82. The van der Waals surface area contributed by atoms with E-state index in [1.54, 1.807) is 0 Å². The van der Waals surface area contributed by atoms with Gasteiger partial charge in [-0.05, 0) is 60.2 Å². The molecule has 5 heteroatoms. The van der Waals surface area contributed by atoms with Crippen molar-refractivity contribution >= 4 is 29.1 Å². The molecule has 30 heavy (non-hydrogen) atoms. The van der Waals surface area contributed by atoms with Crippen LogP contribution in [0.2, 0.25) is 5.02 Å². The zero-order valence-corrected chi connectivity index (χ0v) is 18.5. The first kappa shape index (κ1) is 20.9. The van der Waals surface area contributed by atoms with Gasteiger partial charge in [0.1, 0.15) is 0 Å². The van der Waals surface area contributed by atoms with E-state index in [0.717, 1.165) is 55.5 Å². The molecule has 4 nitrogen and oxygen atoms in total. The number of halogens is 1. The van der Waals surface area contributed by atoms with Crippen molar-refractivity contribution in [2.24, 2.45) is 5.92 Å². The number of hydrogen-bond acceptors (Lipinski definition) is 2. The molecule has 1 aliphatic heterocycles. The number of benzene rings is 2. The number of nitrogens with zero attached hydrogens (tertiary/aromatic N) is 1. The topological polar surface area (TPSA) is 49.4 Å². The van der Waals surface area contributed by atoms with Crippen LogP contribution in [0.4, 0.5) is 5.69 Å². The maximum absolute atomic E-state index is 13.4. The summed E-state index contributed by atoms with van der Waals surface area (Å²) < 4.78 is 0. The van der Waals surface area contributed by atoms with Crippen LogP contribution < -0.4 is 5.32 Å². The Morgan fingerprint density at radius 3 is 2.40 bits per heavy atom. The zero-order valence-electron chi connectivity index (χ0n) is 17.7. The van der Waals surface area contributed by atoms with Crippen LogP contribution in [0.15, 0.2) is 42.5 Å². The Balaban J connectivity index is 1.55. The van der Waals surface area contributed by atoms with E-state index in [4.69, 9.17) is 11.6 Å². The molecule has 1 heterocycles. The summed E-state index contributed by atoms with van der Waals surface area (Å²) in [6, 6.07) is 13.8. The van der Waals surface area contributed by atoms with Gasteiger partial charge in [0.15, 0.2) is 0 Å². The number of hydrogen-bond donors (Lipinski definition) is 1. The van der Waals surface area contributed by atoms with Gasteiger partial charge in [-0.25, -0.2) is 0 Å². The fourth-order valence-electron chi connectivity index (χ4n) is 4.83. The normalized spacial score (nSPS) is 17.7. The second-order valence-electron chi connectivity index (χ2n) is 8.90. The summed E-state index contributed by atoms with van der Waals surface area (Å²) in [5.41, 5.74) is 3.72. The molecule has 0 unspecified atom stereocenters. The largest absolute Gasteiger partial charge is 0.338 e. The molecule has 1 N–H and O–H groups in total. The predicted molar refractivity (Wildman–Crippen MR) is 121 cm³/mol. The highest BCUT2D eigenvalue weighted by molar-refractivity contribution is 6.30. The first-order valence-electron chi connectivity index (χ1n) is 10.9. The van der Waals surface area contributed by atoms with Crippen LogP contribution in [0.1, 0.15) is 56.2 Å². The Morgan fingerprint density at radius 2 is 1.73 bits per heavy atom. The van der Waals surface area contributed by atoms with Gasteiger partial charge in [0.25, 0.3) is 0 Å². The van der Waals surface area contributed by atoms with Crippen molar-refractivity contribution in [2.45, 2.75) is 57.9 Å². The van der Waals surface area contributed by atoms with Crippen LogP contribution >= 0.6 is 11.6 Å². The minimum absolute atomic E-state index is 0.00367. The molecule has 0 bridgehead atoms. The molecule has 158 valence electrons. The third kappa shape index (κ3) is 3.98. The van der Waals surface area contributed by atoms with Gasteiger partial charge in [0.2, 0.25) is 11.8 Å². The summed E-state index contributed by atoms with van der Waals surface area (Å²) >= 11 is 6.07. The van der Waals surface area contributed by atoms with E-state index in [1.807, 2.05) is 55.1 Å². The second kappa shape index (κ2) is 8.43. The van der Waals surface area contributed by atoms with Crippen molar-refractivity contribution in [1.29, 1.82) is 0 Å². The van der Waals surface area contributed by atoms with E-state index in [0.29, 0.717) is 11.6 Å². The molecule has 2 amide bonds. The number of rotatable bonds is 4. The quantitative estimate of drug-likeness (QED) is 0.720. The first-order valence-corrected chi connectivity index (χ1v) is 11.2. The molecule has 4 rings (SSSR count). The molecule has 0 saturated heterocycles. The number of anilines is 1. The highest BCUT2D eigenvalue weighted by atomic mass is 35.5. The Hall–Kier alpha value is -2.33. The maximum Gasteiger partial charge on any atom is 0.235 e. The summed E-state index contributed by atoms with van der Waals surface area (Å²) in [5, 5.41) is 3.86. The van der Waals surface area contributed by atoms with E-state index in [9.17, 15) is 9.59 Å². The zero-order chi connectivity index (χ0) is 21.3. The maximum atomic E-state index is 13.4. The van der Waals surface area contributed by atoms with E-state index in [1.165, 1.54) is 5.56 Å². The Morgan fingerprint density at radius 1 is 1.03 bits per heavy atom. The molecule has 0 radical (unpaired) electrons. The average Bonchev–Trinajstić information content (AvgIpc) is 3.24. The molecule has 0 atom stereocenters. The minimum atomic E-state index is -0.500. The molecular weight excluding hydrogens is 396 g/mol. The standard InChI is InChI=1S/C25H29ClN2O2/c1-17(2)23(29)28-14-11-18-5-10-22(15-19(18)16-28)27-24(30)25(12-3-4-13-25)20-6-8-21(26)9-7-20/h5-10,15,17H,3-4,11-14,16H2,1-2H3,(H,27,30). The summed E-state index contributed by atoms with van der Waals surface area (Å²) in [7, 11) is 0. The smallest absolute Gasteiger partial charge is 0.235 e. The Kier molecular flexibility index (Phi) is 5.88. The van der Waals surface area contributed by atoms with Crippen molar-refractivity contribution in [3.05, 3.63) is 64.2 Å². The van der Waals surface area contributed by atoms with Crippen molar-refractivity contribution in [3.8, 4) is 0 Å². The van der Waals surface area contributed by atoms with Crippen LogP contribution in [0.5, 0.6) is 0 Å². The summed E-state index contributed by atoms with van der Waals surface area (Å²) in [6.45, 7) is 5.24. The van der Waals surface area contributed by atoms with Crippen LogP contribution in [0.25, 0.3) is 0 Å². The van der Waals surface area contributed by atoms with Crippen LogP contribution in [0, 0.1) is 5.92 Å². The predicted octanol–water partition coefficient (Wildman–Crippen LogP) is 5.33. The molecule has 0 spiro atoms. The summed E-state index contributed by atoms with van der Waals surface area (Å²) in [6.07, 6.45) is 4.65. The Bertz CT molecular complexity index is 946. The molecule has 2 aliphatic rings. The minimum Gasteiger partial charge on any atom is -0.338 e. The lowest BCUT2D eigenvalue weighted by atomic mass is 9.78. The molecule has 1 aliphatic carbocycles. The summed E-state index contributed by atoms with van der Waals surface area (Å²) in [5.74, 6) is 0.229. The molecule has 2 aromatic rings. The van der Waals surface area contributed by atoms with E-state index in [2.05, 4.69) is 11.4 Å². The third-order valence-electron chi connectivity index (χ3n) is 6.57. The van der Waals surface area contributed by atoms with Crippen LogP contribution in [0.3, 0.4) is 0 Å². The average molecular weight is 425 g/mol. The van der Waals surface area contributed by atoms with Crippen LogP contribution in [-0.4, -0.2) is 23.3 Å². The number of amides is 2. The molecule has 0 aromatic heterocycles. The van der Waals surface area contributed by atoms with Gasteiger partial charge in [-0.2, -0.15) is 0 Å². The van der Waals surface area contributed by atoms with Crippen molar-refractivity contribution in [3.63, 3.8) is 0 Å². The molecule has 1 fully saturated rings. The second-order valence-corrected chi connectivity index (χ2v) is 9.33. The van der Waals surface area contributed by atoms with Crippen molar-refractivity contribution in [2.75, 3.05) is 11.9 Å². The van der Waals surface area contributed by atoms with Crippen molar-refractivity contribution < 1.29 is 9.59 Å². The first-order chi connectivity index (χ1) is 14.4. The monoisotopic (exact) mass is 424 g/mol. The van der Waals surface area contributed by atoms with E-state index < -0.39 is 5.41 Å². The fraction of sp³-hybridized carbons (Fsp3) is 0.440. The SMILES string of the molecule is CC(C)C(=O)N1CCc2ccc(NC(=O)C3(c4ccc(Cl)cc4)CCCC3)cc2C1. The van der Waals surface area contributed by atoms with Gasteiger partial charge in [0.05, 0.1) is 5.41 Å². The lowest BCUT2D eigenvalue weighted by Crippen LogP contribution is -2.39. The van der Waals surface area contributed by atoms with Gasteiger partial charge in [-0.3, -0.25) is 9.59 Å². The van der Waals surface area contributed by atoms with Crippen molar-refractivity contribution in [1.82, 2.24) is 4.90 Å². The molecular formula is C25H29ClN2O2. The lowest BCUT2D eigenvalue weighted by molar-refractivity contribution is -0.135. The van der Waals surface area contributed by atoms with E-state index in [-0.39, 0.29) is 17.7 Å². The number of carbonyl (C=O) groups excluding carboxylic acids is 2. The molecule has 1 saturated carbocycles. The van der Waals surface area contributed by atoms with Crippen LogP contribution in [-0.2, 0) is 28.0 Å². The number of fused-ring (bicyclic) bond motifs is 1. The number of carbonyl (C=O) groups is 2. The summed E-state index contributed by atoms with van der Waals surface area (Å²) in [4.78, 5) is 27.8. The number of nitrogens with one attached hydrogen (secondary N) is 1. The van der Waals surface area contributed by atoms with Gasteiger partial charge < -0.3 is 10.2 Å². The highest BCUT2D eigenvalue weighted by Gasteiger charge is 2.42. The molecule has 2 aromatic carbocycles. The van der Waals surface area contributed by atoms with Gasteiger partial charge in [0, 0.05) is 29.7 Å². The highest BCUT2D eigenvalue weighted by Crippen LogP contribution is 2.42.